The zero-order valence-corrected chi connectivity index (χ0v) is 8.87. The van der Waals surface area contributed by atoms with Gasteiger partial charge < -0.3 is 9.73 Å². The Morgan fingerprint density at radius 2 is 2.47 bits per heavy atom. The second-order valence-electron chi connectivity index (χ2n) is 2.92. The first-order valence-electron chi connectivity index (χ1n) is 4.34. The van der Waals surface area contributed by atoms with Gasteiger partial charge in [-0.1, -0.05) is 0 Å². The minimum atomic E-state index is -0.148. The first kappa shape index (κ1) is 9.85. The van der Waals surface area contributed by atoms with Crippen LogP contribution in [0.2, 0.25) is 0 Å². The Kier molecular flexibility index (Phi) is 2.77. The highest BCUT2D eigenvalue weighted by Gasteiger charge is 2.10. The molecule has 2 aromatic rings. The number of carbonyl (C=O) groups is 1. The Hall–Kier alpha value is -1.69. The third kappa shape index (κ3) is 2.41. The van der Waals surface area contributed by atoms with Crippen molar-refractivity contribution < 1.29 is 9.21 Å². The number of anilines is 1. The van der Waals surface area contributed by atoms with E-state index in [1.807, 2.05) is 0 Å². The maximum absolute atomic E-state index is 11.5. The number of nitrogens with zero attached hydrogens (tertiary/aromatic N) is 2. The van der Waals surface area contributed by atoms with Crippen molar-refractivity contribution in [2.24, 2.45) is 0 Å². The van der Waals surface area contributed by atoms with Crippen LogP contribution in [0.3, 0.4) is 0 Å². The van der Waals surface area contributed by atoms with E-state index in [1.54, 1.807) is 18.5 Å². The molecular weight excluding hydrogens is 214 g/mol. The van der Waals surface area contributed by atoms with Gasteiger partial charge in [-0.15, -0.1) is 11.3 Å². The van der Waals surface area contributed by atoms with Crippen molar-refractivity contribution in [2.45, 2.75) is 13.3 Å². The molecule has 0 saturated heterocycles. The Balaban J connectivity index is 1.96. The third-order valence-electron chi connectivity index (χ3n) is 1.84. The minimum absolute atomic E-state index is 0.148. The van der Waals surface area contributed by atoms with Gasteiger partial charge in [0.05, 0.1) is 12.1 Å². The summed E-state index contributed by atoms with van der Waals surface area (Å²) in [6, 6.07) is 0. The number of aromatic nitrogens is 2. The number of rotatable bonds is 3. The maximum Gasteiger partial charge on any atom is 0.233 e. The average Bonchev–Trinajstić information content (AvgIpc) is 2.79. The van der Waals surface area contributed by atoms with Crippen LogP contribution in [0.25, 0.3) is 0 Å². The van der Waals surface area contributed by atoms with E-state index < -0.39 is 0 Å². The molecule has 2 aromatic heterocycles. The van der Waals surface area contributed by atoms with E-state index >= 15 is 0 Å². The van der Waals surface area contributed by atoms with Gasteiger partial charge in [0.2, 0.25) is 5.91 Å². The molecule has 6 heteroatoms. The summed E-state index contributed by atoms with van der Waals surface area (Å²) in [7, 11) is 0. The molecule has 0 fully saturated rings. The number of carbonyl (C=O) groups excluding carboxylic acids is 1. The van der Waals surface area contributed by atoms with Crippen LogP contribution in [0.4, 0.5) is 5.13 Å². The van der Waals surface area contributed by atoms with E-state index in [1.165, 1.54) is 17.7 Å². The number of hydrogen-bond acceptors (Lipinski definition) is 5. The summed E-state index contributed by atoms with van der Waals surface area (Å²) < 4.78 is 5.07. The van der Waals surface area contributed by atoms with Crippen molar-refractivity contribution in [3.05, 3.63) is 29.4 Å². The van der Waals surface area contributed by atoms with Gasteiger partial charge in [0.25, 0.3) is 0 Å². The molecule has 0 aliphatic rings. The second kappa shape index (κ2) is 4.22. The van der Waals surface area contributed by atoms with E-state index in [2.05, 4.69) is 15.3 Å². The molecular formula is C9H9N3O2S. The van der Waals surface area contributed by atoms with E-state index in [-0.39, 0.29) is 12.3 Å². The predicted molar refractivity (Wildman–Crippen MR) is 55.7 cm³/mol. The summed E-state index contributed by atoms with van der Waals surface area (Å²) in [5.74, 6) is 0.439. The van der Waals surface area contributed by atoms with Gasteiger partial charge >= 0.3 is 0 Å². The second-order valence-corrected chi connectivity index (χ2v) is 3.82. The van der Waals surface area contributed by atoms with Crippen LogP contribution in [0.15, 0.2) is 22.4 Å². The van der Waals surface area contributed by atoms with Gasteiger partial charge in [-0.05, 0) is 6.92 Å². The van der Waals surface area contributed by atoms with Gasteiger partial charge in [0.1, 0.15) is 5.76 Å². The summed E-state index contributed by atoms with van der Waals surface area (Å²) in [5.41, 5.74) is 0.740. The lowest BCUT2D eigenvalue weighted by Gasteiger charge is -1.99. The first-order chi connectivity index (χ1) is 7.25. The van der Waals surface area contributed by atoms with Gasteiger partial charge in [-0.3, -0.25) is 4.79 Å². The van der Waals surface area contributed by atoms with Gasteiger partial charge in [-0.2, -0.15) is 0 Å². The molecule has 1 amide bonds. The Bertz CT molecular complexity index is 450. The van der Waals surface area contributed by atoms with Crippen LogP contribution >= 0.6 is 11.3 Å². The number of aryl methyl sites for hydroxylation is 1. The maximum atomic E-state index is 11.5. The molecule has 0 radical (unpaired) electrons. The topological polar surface area (TPSA) is 68.0 Å². The van der Waals surface area contributed by atoms with Gasteiger partial charge in [0.15, 0.2) is 11.5 Å². The quantitative estimate of drug-likeness (QED) is 0.858. The molecule has 0 saturated carbocycles. The molecule has 0 unspecified atom stereocenters. The number of thiazole rings is 1. The van der Waals surface area contributed by atoms with Crippen LogP contribution < -0.4 is 5.32 Å². The van der Waals surface area contributed by atoms with E-state index in [0.29, 0.717) is 10.9 Å². The fourth-order valence-corrected chi connectivity index (χ4v) is 1.64. The van der Waals surface area contributed by atoms with Crippen LogP contribution in [-0.4, -0.2) is 15.9 Å². The normalized spacial score (nSPS) is 10.2. The molecule has 5 nitrogen and oxygen atoms in total. The Morgan fingerprint density at radius 1 is 1.60 bits per heavy atom. The average molecular weight is 223 g/mol. The zero-order valence-electron chi connectivity index (χ0n) is 8.06. The van der Waals surface area contributed by atoms with Crippen molar-refractivity contribution in [1.82, 2.24) is 9.97 Å². The summed E-state index contributed by atoms with van der Waals surface area (Å²) >= 11 is 1.38. The fraction of sp³-hybridized carbons (Fsp3) is 0.222. The predicted octanol–water partition coefficient (Wildman–Crippen LogP) is 1.62. The van der Waals surface area contributed by atoms with Crippen LogP contribution in [0, 0.1) is 6.92 Å². The van der Waals surface area contributed by atoms with Crippen LogP contribution in [0.5, 0.6) is 0 Å². The molecule has 15 heavy (non-hydrogen) atoms. The lowest BCUT2D eigenvalue weighted by Crippen LogP contribution is -2.14. The Morgan fingerprint density at radius 3 is 3.07 bits per heavy atom. The smallest absolute Gasteiger partial charge is 0.233 e. The zero-order chi connectivity index (χ0) is 10.7. The lowest BCUT2D eigenvalue weighted by atomic mass is 10.3. The molecule has 0 aliphatic heterocycles. The molecule has 1 N–H and O–H groups in total. The molecule has 0 bridgehead atoms. The summed E-state index contributed by atoms with van der Waals surface area (Å²) in [5, 5.41) is 5.06. The first-order valence-corrected chi connectivity index (χ1v) is 5.22. The number of amides is 1. The lowest BCUT2D eigenvalue weighted by molar-refractivity contribution is -0.115. The third-order valence-corrected chi connectivity index (χ3v) is 2.53. The summed E-state index contributed by atoms with van der Waals surface area (Å²) in [6.45, 7) is 1.80. The van der Waals surface area contributed by atoms with Crippen molar-refractivity contribution in [3.8, 4) is 0 Å². The van der Waals surface area contributed by atoms with Crippen molar-refractivity contribution in [1.29, 1.82) is 0 Å². The van der Waals surface area contributed by atoms with E-state index in [4.69, 9.17) is 4.42 Å². The summed E-state index contributed by atoms with van der Waals surface area (Å²) in [4.78, 5) is 19.4. The van der Waals surface area contributed by atoms with E-state index in [0.717, 1.165) is 5.69 Å². The molecule has 0 spiro atoms. The van der Waals surface area contributed by atoms with Gasteiger partial charge in [-0.25, -0.2) is 9.97 Å². The van der Waals surface area contributed by atoms with Crippen molar-refractivity contribution >= 4 is 22.4 Å². The number of hydrogen-bond donors (Lipinski definition) is 1. The molecule has 2 heterocycles. The number of nitrogens with one attached hydrogen (secondary N) is 1. The standard InChI is InChI=1S/C9H9N3O2S/c1-6-7(14-5-11-6)4-8(13)12-9-10-2-3-15-9/h2-3,5H,4H2,1H3,(H,10,12,13). The molecule has 0 atom stereocenters. The largest absolute Gasteiger partial charge is 0.448 e. The van der Waals surface area contributed by atoms with E-state index in [9.17, 15) is 4.79 Å². The van der Waals surface area contributed by atoms with Crippen molar-refractivity contribution in [2.75, 3.05) is 5.32 Å². The highest BCUT2D eigenvalue weighted by Crippen LogP contribution is 2.12. The molecule has 78 valence electrons. The molecule has 0 aliphatic carbocycles. The minimum Gasteiger partial charge on any atom is -0.448 e. The highest BCUT2D eigenvalue weighted by molar-refractivity contribution is 7.13. The monoisotopic (exact) mass is 223 g/mol. The van der Waals surface area contributed by atoms with Gasteiger partial charge in [0, 0.05) is 11.6 Å². The molecule has 2 rings (SSSR count). The SMILES string of the molecule is Cc1ncoc1CC(=O)Nc1nccs1. The number of oxazole rings is 1. The van der Waals surface area contributed by atoms with Crippen LogP contribution in [0.1, 0.15) is 11.5 Å². The van der Waals surface area contributed by atoms with Crippen molar-refractivity contribution in [3.63, 3.8) is 0 Å². The Labute approximate surface area is 90.2 Å². The fourth-order valence-electron chi connectivity index (χ4n) is 1.09. The van der Waals surface area contributed by atoms with Crippen LogP contribution in [-0.2, 0) is 11.2 Å². The summed E-state index contributed by atoms with van der Waals surface area (Å²) in [6.07, 6.45) is 3.16. The highest BCUT2D eigenvalue weighted by atomic mass is 32.1. The molecule has 0 aromatic carbocycles.